The van der Waals surface area contributed by atoms with Crippen LogP contribution in [0.5, 0.6) is 0 Å². The second-order valence-corrected chi connectivity index (χ2v) is 5.61. The van der Waals surface area contributed by atoms with Gasteiger partial charge in [-0.2, -0.15) is 0 Å². The summed E-state index contributed by atoms with van der Waals surface area (Å²) in [5.41, 5.74) is 0.939. The first-order valence-electron chi connectivity index (χ1n) is 6.51. The minimum atomic E-state index is -0.452. The highest BCUT2D eigenvalue weighted by atomic mass is 79.9. The van der Waals surface area contributed by atoms with Crippen molar-refractivity contribution in [2.75, 3.05) is 19.7 Å². The molecule has 1 aliphatic heterocycles. The molecule has 3 nitrogen and oxygen atoms in total. The first-order valence-corrected chi connectivity index (χ1v) is 7.31. The largest absolute Gasteiger partial charge is 0.387 e. The van der Waals surface area contributed by atoms with Gasteiger partial charge in [-0.05, 0) is 43.5 Å². The van der Waals surface area contributed by atoms with Crippen molar-refractivity contribution in [2.45, 2.75) is 31.5 Å². The molecule has 0 spiro atoms. The molecular formula is C14H20BrNO2. The molecule has 2 N–H and O–H groups in total. The Morgan fingerprint density at radius 2 is 2.39 bits per heavy atom. The SMILES string of the molecule is OC(CNCCC1CCCO1)c1cccc(Br)c1. The molecule has 1 aromatic carbocycles. The van der Waals surface area contributed by atoms with Gasteiger partial charge in [0.25, 0.3) is 0 Å². The van der Waals surface area contributed by atoms with Gasteiger partial charge >= 0.3 is 0 Å². The lowest BCUT2D eigenvalue weighted by Gasteiger charge is -2.14. The van der Waals surface area contributed by atoms with Gasteiger partial charge in [0, 0.05) is 17.6 Å². The molecule has 1 fully saturated rings. The predicted molar refractivity (Wildman–Crippen MR) is 75.6 cm³/mol. The zero-order valence-electron chi connectivity index (χ0n) is 10.4. The summed E-state index contributed by atoms with van der Waals surface area (Å²) in [6.07, 6.45) is 3.36. The Balaban J connectivity index is 1.66. The van der Waals surface area contributed by atoms with Gasteiger partial charge in [-0.3, -0.25) is 0 Å². The maximum absolute atomic E-state index is 10.0. The number of halogens is 1. The van der Waals surface area contributed by atoms with Crippen molar-refractivity contribution in [3.8, 4) is 0 Å². The molecule has 18 heavy (non-hydrogen) atoms. The molecule has 2 atom stereocenters. The number of aliphatic hydroxyl groups is 1. The minimum Gasteiger partial charge on any atom is -0.387 e. The zero-order valence-corrected chi connectivity index (χ0v) is 12.0. The van der Waals surface area contributed by atoms with Crippen LogP contribution in [0, 0.1) is 0 Å². The van der Waals surface area contributed by atoms with Crippen LogP contribution in [-0.2, 0) is 4.74 Å². The van der Waals surface area contributed by atoms with Gasteiger partial charge in [-0.25, -0.2) is 0 Å². The quantitative estimate of drug-likeness (QED) is 0.793. The van der Waals surface area contributed by atoms with Gasteiger partial charge in [0.05, 0.1) is 12.2 Å². The fourth-order valence-corrected chi connectivity index (χ4v) is 2.62. The number of hydrogen-bond acceptors (Lipinski definition) is 3. The molecule has 0 aromatic heterocycles. The Hall–Kier alpha value is -0.420. The van der Waals surface area contributed by atoms with Gasteiger partial charge in [0.2, 0.25) is 0 Å². The van der Waals surface area contributed by atoms with Crippen LogP contribution in [0.3, 0.4) is 0 Å². The lowest BCUT2D eigenvalue weighted by Crippen LogP contribution is -2.25. The molecule has 1 heterocycles. The standard InChI is InChI=1S/C14H20BrNO2/c15-12-4-1-3-11(9-12)14(17)10-16-7-6-13-5-2-8-18-13/h1,3-4,9,13-14,16-17H,2,5-8,10H2. The van der Waals surface area contributed by atoms with Crippen molar-refractivity contribution in [2.24, 2.45) is 0 Å². The molecule has 2 rings (SSSR count). The molecule has 0 bridgehead atoms. The maximum Gasteiger partial charge on any atom is 0.0914 e. The molecule has 100 valence electrons. The third kappa shape index (κ3) is 4.35. The second-order valence-electron chi connectivity index (χ2n) is 4.70. The highest BCUT2D eigenvalue weighted by Crippen LogP contribution is 2.18. The summed E-state index contributed by atoms with van der Waals surface area (Å²) >= 11 is 3.41. The highest BCUT2D eigenvalue weighted by Gasteiger charge is 2.14. The van der Waals surface area contributed by atoms with Crippen molar-refractivity contribution >= 4 is 15.9 Å². The van der Waals surface area contributed by atoms with E-state index in [4.69, 9.17) is 4.74 Å². The summed E-state index contributed by atoms with van der Waals surface area (Å²) < 4.78 is 6.55. The van der Waals surface area contributed by atoms with E-state index in [9.17, 15) is 5.11 Å². The van der Waals surface area contributed by atoms with Crippen LogP contribution in [-0.4, -0.2) is 30.9 Å². The van der Waals surface area contributed by atoms with Gasteiger partial charge in [-0.15, -0.1) is 0 Å². The van der Waals surface area contributed by atoms with Crippen molar-refractivity contribution in [3.05, 3.63) is 34.3 Å². The predicted octanol–water partition coefficient (Wildman–Crippen LogP) is 2.64. The van der Waals surface area contributed by atoms with Crippen molar-refractivity contribution in [3.63, 3.8) is 0 Å². The average molecular weight is 314 g/mol. The van der Waals surface area contributed by atoms with Crippen molar-refractivity contribution in [1.29, 1.82) is 0 Å². The first-order chi connectivity index (χ1) is 8.75. The highest BCUT2D eigenvalue weighted by molar-refractivity contribution is 9.10. The summed E-state index contributed by atoms with van der Waals surface area (Å²) in [7, 11) is 0. The summed E-state index contributed by atoms with van der Waals surface area (Å²) in [6.45, 7) is 2.39. The molecule has 2 unspecified atom stereocenters. The summed E-state index contributed by atoms with van der Waals surface area (Å²) in [4.78, 5) is 0. The molecular weight excluding hydrogens is 294 g/mol. The van der Waals surface area contributed by atoms with E-state index in [1.54, 1.807) is 0 Å². The van der Waals surface area contributed by atoms with E-state index in [1.165, 1.54) is 12.8 Å². The molecule has 1 saturated heterocycles. The summed E-state index contributed by atoms with van der Waals surface area (Å²) in [5, 5.41) is 13.3. The normalized spacial score (nSPS) is 21.1. The number of ether oxygens (including phenoxy) is 1. The van der Waals surface area contributed by atoms with E-state index in [2.05, 4.69) is 21.2 Å². The number of hydrogen-bond donors (Lipinski definition) is 2. The topological polar surface area (TPSA) is 41.5 Å². The van der Waals surface area contributed by atoms with Crippen LogP contribution >= 0.6 is 15.9 Å². The van der Waals surface area contributed by atoms with Crippen LogP contribution in [0.15, 0.2) is 28.7 Å². The van der Waals surface area contributed by atoms with Gasteiger partial charge in [-0.1, -0.05) is 28.1 Å². The van der Waals surface area contributed by atoms with E-state index in [0.717, 1.165) is 29.6 Å². The number of benzene rings is 1. The Bertz CT molecular complexity index is 367. The van der Waals surface area contributed by atoms with E-state index in [0.29, 0.717) is 12.6 Å². The fourth-order valence-electron chi connectivity index (χ4n) is 2.21. The number of rotatable bonds is 6. The Morgan fingerprint density at radius 3 is 3.11 bits per heavy atom. The Labute approximate surface area is 117 Å². The molecule has 0 radical (unpaired) electrons. The van der Waals surface area contributed by atoms with Crippen LogP contribution in [0.2, 0.25) is 0 Å². The molecule has 0 aliphatic carbocycles. The van der Waals surface area contributed by atoms with Gasteiger partial charge in [0.15, 0.2) is 0 Å². The third-order valence-corrected chi connectivity index (χ3v) is 3.73. The number of aliphatic hydroxyl groups excluding tert-OH is 1. The van der Waals surface area contributed by atoms with Crippen LogP contribution < -0.4 is 5.32 Å². The fraction of sp³-hybridized carbons (Fsp3) is 0.571. The maximum atomic E-state index is 10.0. The van der Waals surface area contributed by atoms with Gasteiger partial charge in [0.1, 0.15) is 0 Å². The molecule has 4 heteroatoms. The van der Waals surface area contributed by atoms with E-state index in [-0.39, 0.29) is 0 Å². The lowest BCUT2D eigenvalue weighted by molar-refractivity contribution is 0.102. The number of nitrogens with one attached hydrogen (secondary N) is 1. The van der Waals surface area contributed by atoms with E-state index in [1.807, 2.05) is 24.3 Å². The average Bonchev–Trinajstić information content (AvgIpc) is 2.87. The first kappa shape index (κ1) is 14.0. The second kappa shape index (κ2) is 7.24. The Morgan fingerprint density at radius 1 is 1.50 bits per heavy atom. The van der Waals surface area contributed by atoms with Crippen molar-refractivity contribution < 1.29 is 9.84 Å². The van der Waals surface area contributed by atoms with Crippen LogP contribution in [0.4, 0.5) is 0 Å². The molecule has 1 aromatic rings. The summed E-state index contributed by atoms with van der Waals surface area (Å²) in [6, 6.07) is 7.79. The van der Waals surface area contributed by atoms with Gasteiger partial charge < -0.3 is 15.2 Å². The van der Waals surface area contributed by atoms with Crippen LogP contribution in [0.1, 0.15) is 30.9 Å². The van der Waals surface area contributed by atoms with Crippen molar-refractivity contribution in [1.82, 2.24) is 5.32 Å². The summed E-state index contributed by atoms with van der Waals surface area (Å²) in [5.74, 6) is 0. The van der Waals surface area contributed by atoms with E-state index < -0.39 is 6.10 Å². The smallest absolute Gasteiger partial charge is 0.0914 e. The molecule has 0 saturated carbocycles. The monoisotopic (exact) mass is 313 g/mol. The minimum absolute atomic E-state index is 0.417. The van der Waals surface area contributed by atoms with Crippen LogP contribution in [0.25, 0.3) is 0 Å². The third-order valence-electron chi connectivity index (χ3n) is 3.24. The lowest BCUT2D eigenvalue weighted by atomic mass is 10.1. The molecule has 1 aliphatic rings. The zero-order chi connectivity index (χ0) is 12.8. The van der Waals surface area contributed by atoms with E-state index >= 15 is 0 Å². The molecule has 0 amide bonds. The Kier molecular flexibility index (Phi) is 5.63.